The second-order valence-electron chi connectivity index (χ2n) is 13.1. The molecule has 0 heterocycles. The van der Waals surface area contributed by atoms with Crippen molar-refractivity contribution in [2.45, 2.75) is 208 Å². The van der Waals surface area contributed by atoms with Crippen LogP contribution in [0.1, 0.15) is 196 Å². The van der Waals surface area contributed by atoms with Gasteiger partial charge < -0.3 is 19.8 Å². The molecule has 0 fully saturated rings. The van der Waals surface area contributed by atoms with E-state index >= 15 is 0 Å². The van der Waals surface area contributed by atoms with Gasteiger partial charge in [0.2, 0.25) is 0 Å². The van der Waals surface area contributed by atoms with Crippen molar-refractivity contribution in [1.29, 1.82) is 0 Å². The Bertz CT molecular complexity index is 539. The van der Waals surface area contributed by atoms with Gasteiger partial charge in [-0.2, -0.15) is 0 Å². The fourth-order valence-electron chi connectivity index (χ4n) is 5.68. The van der Waals surface area contributed by atoms with Crippen molar-refractivity contribution in [1.82, 2.24) is 9.80 Å². The van der Waals surface area contributed by atoms with Gasteiger partial charge in [-0.3, -0.25) is 9.80 Å². The fraction of sp³-hybridized carbons (Fsp3) is 0.947. The average Bonchev–Trinajstić information content (AvgIpc) is 3.01. The largest absolute Gasteiger partial charge is 2.00 e. The summed E-state index contributed by atoms with van der Waals surface area (Å²) in [5, 5.41) is 22.3. The quantitative estimate of drug-likeness (QED) is 0.0537. The summed E-state index contributed by atoms with van der Waals surface area (Å²) in [4.78, 5) is 26.5. The standard InChI is InChI=1S/2C19H39NO2.Ca/c2*1-4-6-8-10-12-14-16-20(18(3)19(21)22)17-15-13-11-9-7-5-2;/h2*18H,4-17H2,1-3H3,(H,21,22);/q;;+2/p-2. The van der Waals surface area contributed by atoms with E-state index in [1.165, 1.54) is 128 Å². The van der Waals surface area contributed by atoms with E-state index < -0.39 is 24.0 Å². The molecule has 0 rings (SSSR count). The molecule has 0 spiro atoms. The Balaban J connectivity index is -0.000000767. The van der Waals surface area contributed by atoms with Crippen LogP contribution in [-0.2, 0) is 9.59 Å². The van der Waals surface area contributed by atoms with Crippen molar-refractivity contribution in [3.8, 4) is 0 Å². The van der Waals surface area contributed by atoms with Gasteiger partial charge in [-0.15, -0.1) is 0 Å². The fourth-order valence-corrected chi connectivity index (χ4v) is 5.68. The summed E-state index contributed by atoms with van der Waals surface area (Å²) < 4.78 is 0. The van der Waals surface area contributed by atoms with Gasteiger partial charge >= 0.3 is 37.7 Å². The van der Waals surface area contributed by atoms with E-state index in [-0.39, 0.29) is 37.7 Å². The minimum absolute atomic E-state index is 0. The first-order valence-corrected chi connectivity index (χ1v) is 19.2. The number of hydrogen-bond donors (Lipinski definition) is 0. The molecule has 264 valence electrons. The maximum Gasteiger partial charge on any atom is 2.00 e. The summed E-state index contributed by atoms with van der Waals surface area (Å²) in [7, 11) is 0. The Morgan fingerprint density at radius 3 is 0.756 bits per heavy atom. The van der Waals surface area contributed by atoms with Gasteiger partial charge in [0, 0.05) is 12.1 Å². The van der Waals surface area contributed by atoms with Crippen LogP contribution in [0.25, 0.3) is 0 Å². The van der Waals surface area contributed by atoms with Crippen LogP contribution < -0.4 is 10.2 Å². The van der Waals surface area contributed by atoms with Crippen LogP contribution in [0.2, 0.25) is 0 Å². The SMILES string of the molecule is CCCCCCCCN(CCCCCCCC)C(C)C(=O)[O-].CCCCCCCCN(CCCCCCCC)C(C)C(=O)[O-].[Ca+2]. The molecule has 2 unspecified atom stereocenters. The van der Waals surface area contributed by atoms with Crippen molar-refractivity contribution < 1.29 is 19.8 Å². The Kier molecular flexibility index (Phi) is 42.4. The predicted octanol–water partition coefficient (Wildman–Crippen LogP) is 7.91. The third-order valence-electron chi connectivity index (χ3n) is 8.97. The molecular formula is C38H76CaN2O4. The van der Waals surface area contributed by atoms with Crippen molar-refractivity contribution in [2.75, 3.05) is 26.2 Å². The van der Waals surface area contributed by atoms with Crippen molar-refractivity contribution in [3.05, 3.63) is 0 Å². The first kappa shape index (κ1) is 49.5. The zero-order valence-corrected chi connectivity index (χ0v) is 33.4. The number of carbonyl (C=O) groups is 2. The number of unbranched alkanes of at least 4 members (excludes halogenated alkanes) is 20. The summed E-state index contributed by atoms with van der Waals surface area (Å²) in [6.07, 6.45) is 30.0. The molecular weight excluding hydrogens is 589 g/mol. The molecule has 0 aromatic heterocycles. The van der Waals surface area contributed by atoms with Gasteiger partial charge in [0.15, 0.2) is 0 Å². The van der Waals surface area contributed by atoms with Crippen LogP contribution in [0.4, 0.5) is 0 Å². The molecule has 0 bridgehead atoms. The number of carboxylic acids is 2. The van der Waals surface area contributed by atoms with Crippen LogP contribution in [0, 0.1) is 0 Å². The second kappa shape index (κ2) is 38.6. The first-order chi connectivity index (χ1) is 21.3. The second-order valence-corrected chi connectivity index (χ2v) is 13.1. The molecule has 0 aliphatic heterocycles. The molecule has 0 saturated carbocycles. The third-order valence-corrected chi connectivity index (χ3v) is 8.97. The maximum absolute atomic E-state index is 11.1. The van der Waals surface area contributed by atoms with E-state index in [0.29, 0.717) is 0 Å². The third kappa shape index (κ3) is 33.8. The summed E-state index contributed by atoms with van der Waals surface area (Å²) in [6.45, 7) is 16.0. The smallest absolute Gasteiger partial charge is 0.548 e. The molecule has 0 aromatic rings. The van der Waals surface area contributed by atoms with Gasteiger partial charge in [-0.1, -0.05) is 156 Å². The molecule has 0 aromatic carbocycles. The monoisotopic (exact) mass is 665 g/mol. The molecule has 0 N–H and O–H groups in total. The number of carboxylic acid groups (broad SMARTS) is 2. The van der Waals surface area contributed by atoms with Crippen molar-refractivity contribution in [2.24, 2.45) is 0 Å². The summed E-state index contributed by atoms with van der Waals surface area (Å²) in [6, 6.07) is -0.905. The average molecular weight is 665 g/mol. The summed E-state index contributed by atoms with van der Waals surface area (Å²) in [5.74, 6) is -1.87. The Hall–Kier alpha value is 0.120. The van der Waals surface area contributed by atoms with Crippen molar-refractivity contribution >= 4 is 49.7 Å². The van der Waals surface area contributed by atoms with Crippen LogP contribution in [0.5, 0.6) is 0 Å². The zero-order valence-electron chi connectivity index (χ0n) is 31.2. The molecule has 45 heavy (non-hydrogen) atoms. The van der Waals surface area contributed by atoms with Gasteiger partial charge in [-0.05, 0) is 65.7 Å². The Morgan fingerprint density at radius 1 is 0.400 bits per heavy atom. The van der Waals surface area contributed by atoms with Gasteiger partial charge in [0.25, 0.3) is 0 Å². The molecule has 0 aliphatic rings. The van der Waals surface area contributed by atoms with E-state index in [0.717, 1.165) is 51.9 Å². The minimum atomic E-state index is -0.933. The summed E-state index contributed by atoms with van der Waals surface area (Å²) >= 11 is 0. The van der Waals surface area contributed by atoms with Gasteiger partial charge in [0.05, 0.1) is 11.9 Å². The summed E-state index contributed by atoms with van der Waals surface area (Å²) in [5.41, 5.74) is 0. The molecule has 2 atom stereocenters. The van der Waals surface area contributed by atoms with E-state index in [1.54, 1.807) is 13.8 Å². The Morgan fingerprint density at radius 2 is 0.578 bits per heavy atom. The van der Waals surface area contributed by atoms with Crippen LogP contribution >= 0.6 is 0 Å². The number of rotatable bonds is 32. The van der Waals surface area contributed by atoms with Crippen LogP contribution in [0.15, 0.2) is 0 Å². The van der Waals surface area contributed by atoms with E-state index in [4.69, 9.17) is 0 Å². The molecule has 6 nitrogen and oxygen atoms in total. The number of hydrogen-bond acceptors (Lipinski definition) is 6. The topological polar surface area (TPSA) is 86.7 Å². The van der Waals surface area contributed by atoms with Crippen molar-refractivity contribution in [3.63, 3.8) is 0 Å². The number of aliphatic carboxylic acids is 2. The zero-order chi connectivity index (χ0) is 33.3. The van der Waals surface area contributed by atoms with Gasteiger partial charge in [0.1, 0.15) is 0 Å². The predicted molar refractivity (Wildman–Crippen MR) is 191 cm³/mol. The van der Waals surface area contributed by atoms with E-state index in [2.05, 4.69) is 37.5 Å². The Labute approximate surface area is 311 Å². The van der Waals surface area contributed by atoms with Crippen LogP contribution in [-0.4, -0.2) is 97.7 Å². The van der Waals surface area contributed by atoms with E-state index in [1.807, 2.05) is 0 Å². The van der Waals surface area contributed by atoms with Crippen LogP contribution in [0.3, 0.4) is 0 Å². The minimum Gasteiger partial charge on any atom is -0.548 e. The number of nitrogens with zero attached hydrogens (tertiary/aromatic N) is 2. The maximum atomic E-state index is 11.1. The molecule has 0 amide bonds. The molecule has 0 aliphatic carbocycles. The number of carbonyl (C=O) groups excluding carboxylic acids is 2. The van der Waals surface area contributed by atoms with E-state index in [9.17, 15) is 19.8 Å². The normalized spacial score (nSPS) is 12.4. The molecule has 7 heteroatoms. The molecule has 0 radical (unpaired) electrons. The first-order valence-electron chi connectivity index (χ1n) is 19.2. The van der Waals surface area contributed by atoms with Gasteiger partial charge in [-0.25, -0.2) is 0 Å². The molecule has 0 saturated heterocycles.